The minimum atomic E-state index is -0.178. The van der Waals surface area contributed by atoms with Crippen LogP contribution in [0.25, 0.3) is 21.0 Å². The molecule has 1 saturated carbocycles. The lowest BCUT2D eigenvalue weighted by atomic mass is 9.89. The maximum Gasteiger partial charge on any atom is 0.274 e. The minimum absolute atomic E-state index is 0. The van der Waals surface area contributed by atoms with E-state index in [1.165, 1.54) is 6.07 Å². The number of halogens is 2. The third-order valence-corrected chi connectivity index (χ3v) is 6.01. The van der Waals surface area contributed by atoms with Crippen LogP contribution in [-0.2, 0) is 6.54 Å². The Balaban J connectivity index is 0.00000192. The summed E-state index contributed by atoms with van der Waals surface area (Å²) in [5, 5.41) is 6.06. The average molecular weight is 416 g/mol. The number of thiazole rings is 1. The predicted molar refractivity (Wildman–Crippen MR) is 113 cm³/mol. The summed E-state index contributed by atoms with van der Waals surface area (Å²) in [5.41, 5.74) is 1.68. The van der Waals surface area contributed by atoms with Gasteiger partial charge in [0.2, 0.25) is 0 Å². The number of nitrogens with zero attached hydrogens (tertiary/aromatic N) is 2. The molecule has 1 aliphatic rings. The quantitative estimate of drug-likeness (QED) is 0.492. The summed E-state index contributed by atoms with van der Waals surface area (Å²) in [4.78, 5) is 8.63. The van der Waals surface area contributed by atoms with Crippen molar-refractivity contribution >= 4 is 44.7 Å². The molecule has 0 radical (unpaired) electrons. The minimum Gasteiger partial charge on any atom is -0.467 e. The summed E-state index contributed by atoms with van der Waals surface area (Å²) in [6, 6.07) is 13.5. The molecule has 1 aliphatic carbocycles. The molecular formula is C21H19ClFN3OS. The van der Waals surface area contributed by atoms with Crippen molar-refractivity contribution in [1.29, 1.82) is 0 Å². The molecule has 4 aromatic rings. The van der Waals surface area contributed by atoms with Crippen LogP contribution >= 0.6 is 23.7 Å². The lowest BCUT2D eigenvalue weighted by Crippen LogP contribution is -2.46. The van der Waals surface area contributed by atoms with Crippen LogP contribution in [0.1, 0.15) is 18.4 Å². The highest BCUT2D eigenvalue weighted by Crippen LogP contribution is 2.32. The van der Waals surface area contributed by atoms with E-state index in [2.05, 4.69) is 21.4 Å². The van der Waals surface area contributed by atoms with Crippen molar-refractivity contribution in [2.45, 2.75) is 31.5 Å². The van der Waals surface area contributed by atoms with Crippen molar-refractivity contribution in [3.63, 3.8) is 0 Å². The van der Waals surface area contributed by atoms with E-state index in [4.69, 9.17) is 4.74 Å². The number of rotatable bonds is 5. The molecule has 0 bridgehead atoms. The van der Waals surface area contributed by atoms with Crippen molar-refractivity contribution in [3.05, 3.63) is 66.2 Å². The Kier molecular flexibility index (Phi) is 5.44. The molecule has 0 unspecified atom stereocenters. The second-order valence-electron chi connectivity index (χ2n) is 6.86. The highest BCUT2D eigenvalue weighted by Gasteiger charge is 2.31. The largest absolute Gasteiger partial charge is 0.467 e. The summed E-state index contributed by atoms with van der Waals surface area (Å²) in [6.07, 6.45) is 5.46. The van der Waals surface area contributed by atoms with E-state index < -0.39 is 0 Å². The number of pyridine rings is 1. The smallest absolute Gasteiger partial charge is 0.274 e. The molecule has 28 heavy (non-hydrogen) atoms. The monoisotopic (exact) mass is 415 g/mol. The summed E-state index contributed by atoms with van der Waals surface area (Å²) < 4.78 is 21.4. The van der Waals surface area contributed by atoms with Gasteiger partial charge in [-0.15, -0.1) is 12.4 Å². The van der Waals surface area contributed by atoms with Gasteiger partial charge in [-0.3, -0.25) is 4.98 Å². The first-order valence-corrected chi connectivity index (χ1v) is 9.84. The van der Waals surface area contributed by atoms with Crippen LogP contribution in [-0.4, -0.2) is 22.1 Å². The number of aromatic nitrogens is 2. The first-order chi connectivity index (χ1) is 13.3. The molecule has 0 amide bonds. The number of benzene rings is 2. The van der Waals surface area contributed by atoms with Crippen molar-refractivity contribution in [3.8, 4) is 5.19 Å². The third kappa shape index (κ3) is 3.68. The molecule has 7 heteroatoms. The maximum atomic E-state index is 14.3. The number of ether oxygens (including phenoxy) is 1. The van der Waals surface area contributed by atoms with Gasteiger partial charge in [-0.05, 0) is 48.6 Å². The van der Waals surface area contributed by atoms with E-state index in [-0.39, 0.29) is 24.3 Å². The number of hydrogen-bond donors (Lipinski definition) is 1. The topological polar surface area (TPSA) is 47.0 Å². The average Bonchev–Trinajstić information content (AvgIpc) is 3.07. The zero-order valence-corrected chi connectivity index (χ0v) is 16.6. The molecule has 2 aromatic carbocycles. The van der Waals surface area contributed by atoms with Gasteiger partial charge in [-0.1, -0.05) is 23.5 Å². The fourth-order valence-electron chi connectivity index (χ4n) is 3.51. The summed E-state index contributed by atoms with van der Waals surface area (Å²) in [7, 11) is 0. The lowest BCUT2D eigenvalue weighted by Gasteiger charge is -2.35. The molecular weight excluding hydrogens is 397 g/mol. The van der Waals surface area contributed by atoms with Crippen LogP contribution in [0.2, 0.25) is 0 Å². The van der Waals surface area contributed by atoms with Crippen molar-refractivity contribution in [1.82, 2.24) is 15.3 Å². The van der Waals surface area contributed by atoms with Crippen LogP contribution in [0.4, 0.5) is 4.39 Å². The molecule has 2 aromatic heterocycles. The summed E-state index contributed by atoms with van der Waals surface area (Å²) in [5.74, 6) is -0.178. The van der Waals surface area contributed by atoms with E-state index in [1.54, 1.807) is 29.8 Å². The Morgan fingerprint density at radius 1 is 1.14 bits per heavy atom. The van der Waals surface area contributed by atoms with Gasteiger partial charge in [0.25, 0.3) is 5.19 Å². The van der Waals surface area contributed by atoms with Crippen LogP contribution in [0.3, 0.4) is 0 Å². The van der Waals surface area contributed by atoms with Gasteiger partial charge in [0.1, 0.15) is 11.9 Å². The molecule has 1 fully saturated rings. The van der Waals surface area contributed by atoms with E-state index in [0.717, 1.165) is 39.0 Å². The first kappa shape index (κ1) is 19.1. The van der Waals surface area contributed by atoms with Gasteiger partial charge in [-0.25, -0.2) is 9.37 Å². The standard InChI is InChI=1S/C21H18FN3OS.ClH/c22-18-6-5-13-11-23-8-7-16(13)17(18)12-24-14-9-15(10-14)26-21-25-19-3-1-2-4-20(19)27-21;/h1-8,11,14-15,24H,9-10,12H2;1H. The molecule has 5 rings (SSSR count). The summed E-state index contributed by atoms with van der Waals surface area (Å²) in [6.45, 7) is 0.506. The zero-order valence-electron chi connectivity index (χ0n) is 15.0. The van der Waals surface area contributed by atoms with Crippen LogP contribution in [0, 0.1) is 5.82 Å². The van der Waals surface area contributed by atoms with Crippen molar-refractivity contribution < 1.29 is 9.13 Å². The highest BCUT2D eigenvalue weighted by molar-refractivity contribution is 7.20. The third-order valence-electron chi connectivity index (χ3n) is 5.08. The van der Waals surface area contributed by atoms with Crippen molar-refractivity contribution in [2.75, 3.05) is 0 Å². The van der Waals surface area contributed by atoms with E-state index in [9.17, 15) is 4.39 Å². The second kappa shape index (κ2) is 7.99. The Morgan fingerprint density at radius 3 is 2.86 bits per heavy atom. The van der Waals surface area contributed by atoms with E-state index in [1.807, 2.05) is 24.3 Å². The van der Waals surface area contributed by atoms with Gasteiger partial charge in [0.05, 0.1) is 10.2 Å². The van der Waals surface area contributed by atoms with Gasteiger partial charge in [0, 0.05) is 35.9 Å². The Labute approximate surface area is 172 Å². The normalized spacial score (nSPS) is 18.6. The van der Waals surface area contributed by atoms with Gasteiger partial charge in [-0.2, -0.15) is 0 Å². The fraction of sp³-hybridized carbons (Fsp3) is 0.238. The molecule has 0 atom stereocenters. The number of para-hydroxylation sites is 1. The van der Waals surface area contributed by atoms with Crippen molar-refractivity contribution in [2.24, 2.45) is 0 Å². The molecule has 4 nitrogen and oxygen atoms in total. The Bertz CT molecular complexity index is 1080. The second-order valence-corrected chi connectivity index (χ2v) is 7.85. The molecule has 1 N–H and O–H groups in total. The van der Waals surface area contributed by atoms with Gasteiger partial charge >= 0.3 is 0 Å². The fourth-order valence-corrected chi connectivity index (χ4v) is 4.39. The molecule has 0 saturated heterocycles. The highest BCUT2D eigenvalue weighted by atomic mass is 35.5. The number of fused-ring (bicyclic) bond motifs is 2. The summed E-state index contributed by atoms with van der Waals surface area (Å²) >= 11 is 1.58. The van der Waals surface area contributed by atoms with Crippen LogP contribution in [0.5, 0.6) is 5.19 Å². The van der Waals surface area contributed by atoms with Gasteiger partial charge in [0.15, 0.2) is 0 Å². The van der Waals surface area contributed by atoms with E-state index >= 15 is 0 Å². The molecule has 0 aliphatic heterocycles. The lowest BCUT2D eigenvalue weighted by molar-refractivity contribution is 0.0842. The molecule has 2 heterocycles. The SMILES string of the molecule is Cl.Fc1ccc2cnccc2c1CNC1CC(Oc2nc3ccccc3s2)C1. The number of hydrogen-bond acceptors (Lipinski definition) is 5. The zero-order chi connectivity index (χ0) is 18.2. The van der Waals surface area contributed by atoms with Gasteiger partial charge < -0.3 is 10.1 Å². The van der Waals surface area contributed by atoms with Crippen LogP contribution < -0.4 is 10.1 Å². The number of nitrogens with one attached hydrogen (secondary N) is 1. The molecule has 0 spiro atoms. The van der Waals surface area contributed by atoms with E-state index in [0.29, 0.717) is 18.2 Å². The Hall–Kier alpha value is -2.28. The first-order valence-electron chi connectivity index (χ1n) is 9.03. The van der Waals surface area contributed by atoms with Crippen LogP contribution in [0.15, 0.2) is 54.9 Å². The molecule has 144 valence electrons. The predicted octanol–water partition coefficient (Wildman–Crippen LogP) is 5.11. The maximum absolute atomic E-state index is 14.3. The Morgan fingerprint density at radius 2 is 2.00 bits per heavy atom.